The van der Waals surface area contributed by atoms with Crippen molar-refractivity contribution in [1.82, 2.24) is 4.98 Å². The second kappa shape index (κ2) is 5.83. The molecule has 1 aromatic carbocycles. The summed E-state index contributed by atoms with van der Waals surface area (Å²) in [7, 11) is 0. The van der Waals surface area contributed by atoms with Crippen molar-refractivity contribution in [2.24, 2.45) is 11.7 Å². The van der Waals surface area contributed by atoms with E-state index in [1.807, 2.05) is 18.2 Å². The average molecular weight is 323 g/mol. The van der Waals surface area contributed by atoms with E-state index in [-0.39, 0.29) is 11.9 Å². The van der Waals surface area contributed by atoms with Crippen LogP contribution in [0.4, 0.5) is 5.69 Å². The van der Waals surface area contributed by atoms with E-state index in [1.54, 1.807) is 12.1 Å². The van der Waals surface area contributed by atoms with Gasteiger partial charge in [-0.3, -0.25) is 4.79 Å². The smallest absolute Gasteiger partial charge is 0.291 e. The van der Waals surface area contributed by atoms with Crippen LogP contribution in [-0.2, 0) is 6.42 Å². The molecule has 0 saturated carbocycles. The maximum atomic E-state index is 12.2. The molecule has 5 nitrogen and oxygen atoms in total. The molecule has 4 N–H and O–H groups in total. The zero-order chi connectivity index (χ0) is 16.7. The first-order valence-electron chi connectivity index (χ1n) is 8.40. The minimum Gasteiger partial charge on any atom is -0.459 e. The highest BCUT2D eigenvalue weighted by atomic mass is 16.3. The normalized spacial score (nSPS) is 20.1. The van der Waals surface area contributed by atoms with Gasteiger partial charge < -0.3 is 20.5 Å². The summed E-state index contributed by atoms with van der Waals surface area (Å²) >= 11 is 0. The van der Waals surface area contributed by atoms with Gasteiger partial charge in [-0.25, -0.2) is 0 Å². The molecular weight excluding hydrogens is 302 g/mol. The molecule has 1 amide bonds. The SMILES string of the molecule is CCC1Cc2c([nH]c3ccc(NC(=O)c4ccco4)cc23)C(N)C1. The van der Waals surface area contributed by atoms with Gasteiger partial charge in [-0.15, -0.1) is 0 Å². The lowest BCUT2D eigenvalue weighted by Gasteiger charge is -2.26. The molecule has 0 radical (unpaired) electrons. The van der Waals surface area contributed by atoms with Crippen LogP contribution in [0.3, 0.4) is 0 Å². The molecule has 2 unspecified atom stereocenters. The Morgan fingerprint density at radius 2 is 2.29 bits per heavy atom. The van der Waals surface area contributed by atoms with E-state index in [4.69, 9.17) is 10.2 Å². The largest absolute Gasteiger partial charge is 0.459 e. The first-order chi connectivity index (χ1) is 11.7. The highest BCUT2D eigenvalue weighted by Gasteiger charge is 2.27. The highest BCUT2D eigenvalue weighted by Crippen LogP contribution is 2.38. The second-order valence-corrected chi connectivity index (χ2v) is 6.53. The van der Waals surface area contributed by atoms with Crippen molar-refractivity contribution >= 4 is 22.5 Å². The molecular formula is C19H21N3O2. The number of rotatable bonds is 3. The Bertz CT molecular complexity index is 880. The predicted octanol–water partition coefficient (Wildman–Crippen LogP) is 3.99. The van der Waals surface area contributed by atoms with E-state index < -0.39 is 0 Å². The summed E-state index contributed by atoms with van der Waals surface area (Å²) in [5, 5.41) is 4.04. The van der Waals surface area contributed by atoms with E-state index in [2.05, 4.69) is 17.2 Å². The third-order valence-electron chi connectivity index (χ3n) is 4.97. The number of aromatic amines is 1. The van der Waals surface area contributed by atoms with Crippen molar-refractivity contribution in [3.05, 3.63) is 53.6 Å². The van der Waals surface area contributed by atoms with Gasteiger partial charge in [0.15, 0.2) is 5.76 Å². The Labute approximate surface area is 140 Å². The van der Waals surface area contributed by atoms with Crippen LogP contribution in [0.2, 0.25) is 0 Å². The number of hydrogen-bond acceptors (Lipinski definition) is 3. The zero-order valence-electron chi connectivity index (χ0n) is 13.6. The minimum absolute atomic E-state index is 0.0623. The number of aromatic nitrogens is 1. The Kier molecular flexibility index (Phi) is 3.65. The van der Waals surface area contributed by atoms with Gasteiger partial charge in [0, 0.05) is 28.3 Å². The van der Waals surface area contributed by atoms with Gasteiger partial charge in [-0.05, 0) is 54.7 Å². The fraction of sp³-hybridized carbons (Fsp3) is 0.316. The van der Waals surface area contributed by atoms with Crippen molar-refractivity contribution in [3.8, 4) is 0 Å². The molecule has 3 aromatic rings. The lowest BCUT2D eigenvalue weighted by atomic mass is 9.82. The van der Waals surface area contributed by atoms with Crippen LogP contribution in [0, 0.1) is 5.92 Å². The summed E-state index contributed by atoms with van der Waals surface area (Å²) in [6.45, 7) is 2.21. The Balaban J connectivity index is 1.69. The zero-order valence-corrected chi connectivity index (χ0v) is 13.6. The summed E-state index contributed by atoms with van der Waals surface area (Å²) in [6, 6.07) is 9.33. The van der Waals surface area contributed by atoms with Crippen LogP contribution in [0.25, 0.3) is 10.9 Å². The average Bonchev–Trinajstić information content (AvgIpc) is 3.22. The molecule has 0 spiro atoms. The van der Waals surface area contributed by atoms with Gasteiger partial charge in [0.2, 0.25) is 0 Å². The van der Waals surface area contributed by atoms with Crippen LogP contribution < -0.4 is 11.1 Å². The summed E-state index contributed by atoms with van der Waals surface area (Å²) in [5.41, 5.74) is 10.6. The second-order valence-electron chi connectivity index (χ2n) is 6.53. The maximum Gasteiger partial charge on any atom is 0.291 e. The number of nitrogens with two attached hydrogens (primary N) is 1. The van der Waals surface area contributed by atoms with Crippen molar-refractivity contribution in [2.45, 2.75) is 32.2 Å². The van der Waals surface area contributed by atoms with Crippen LogP contribution in [0.1, 0.15) is 47.6 Å². The molecule has 0 bridgehead atoms. The molecule has 2 atom stereocenters. The number of carbonyl (C=O) groups excluding carboxylic acids is 1. The monoisotopic (exact) mass is 323 g/mol. The lowest BCUT2D eigenvalue weighted by Crippen LogP contribution is -2.23. The topological polar surface area (TPSA) is 84.0 Å². The number of carbonyl (C=O) groups is 1. The molecule has 124 valence electrons. The van der Waals surface area contributed by atoms with E-state index >= 15 is 0 Å². The first-order valence-corrected chi connectivity index (χ1v) is 8.40. The summed E-state index contributed by atoms with van der Waals surface area (Å²) in [5.74, 6) is 0.680. The molecule has 1 aliphatic rings. The number of H-pyrrole nitrogens is 1. The number of benzene rings is 1. The van der Waals surface area contributed by atoms with Crippen molar-refractivity contribution < 1.29 is 9.21 Å². The van der Waals surface area contributed by atoms with Gasteiger partial charge in [-0.1, -0.05) is 13.3 Å². The Hall–Kier alpha value is -2.53. The van der Waals surface area contributed by atoms with Gasteiger partial charge in [0.05, 0.1) is 6.26 Å². The van der Waals surface area contributed by atoms with Crippen LogP contribution in [0.5, 0.6) is 0 Å². The summed E-state index contributed by atoms with van der Waals surface area (Å²) in [4.78, 5) is 15.6. The van der Waals surface area contributed by atoms with Gasteiger partial charge in [-0.2, -0.15) is 0 Å². The number of anilines is 1. The van der Waals surface area contributed by atoms with E-state index in [0.717, 1.165) is 41.5 Å². The third-order valence-corrected chi connectivity index (χ3v) is 4.97. The van der Waals surface area contributed by atoms with Crippen LogP contribution >= 0.6 is 0 Å². The van der Waals surface area contributed by atoms with Gasteiger partial charge >= 0.3 is 0 Å². The standard InChI is InChI=1S/C19H21N3O2/c1-2-11-8-14-13-10-12(21-19(23)17-4-3-7-24-17)5-6-16(13)22-18(14)15(20)9-11/h3-7,10-11,15,22H,2,8-9,20H2,1H3,(H,21,23). The number of nitrogens with one attached hydrogen (secondary N) is 2. The first kappa shape index (κ1) is 15.0. The number of hydrogen-bond donors (Lipinski definition) is 3. The summed E-state index contributed by atoms with van der Waals surface area (Å²) < 4.78 is 5.14. The highest BCUT2D eigenvalue weighted by molar-refractivity contribution is 6.03. The molecule has 0 saturated heterocycles. The fourth-order valence-electron chi connectivity index (χ4n) is 3.64. The molecule has 0 aliphatic heterocycles. The van der Waals surface area contributed by atoms with Crippen LogP contribution in [-0.4, -0.2) is 10.9 Å². The Morgan fingerprint density at radius 3 is 3.04 bits per heavy atom. The predicted molar refractivity (Wildman–Crippen MR) is 94.0 cm³/mol. The molecule has 2 aromatic heterocycles. The number of fused-ring (bicyclic) bond motifs is 3. The van der Waals surface area contributed by atoms with Gasteiger partial charge in [0.1, 0.15) is 0 Å². The Morgan fingerprint density at radius 1 is 1.42 bits per heavy atom. The molecule has 0 fully saturated rings. The van der Waals surface area contributed by atoms with Crippen molar-refractivity contribution in [3.63, 3.8) is 0 Å². The molecule has 1 aliphatic carbocycles. The van der Waals surface area contributed by atoms with Crippen molar-refractivity contribution in [1.29, 1.82) is 0 Å². The molecule has 2 heterocycles. The summed E-state index contributed by atoms with van der Waals surface area (Å²) in [6.07, 6.45) is 4.69. The maximum absolute atomic E-state index is 12.2. The third kappa shape index (κ3) is 2.51. The minimum atomic E-state index is -0.244. The quantitative estimate of drug-likeness (QED) is 0.681. The van der Waals surface area contributed by atoms with Crippen LogP contribution in [0.15, 0.2) is 41.0 Å². The van der Waals surface area contributed by atoms with Crippen molar-refractivity contribution in [2.75, 3.05) is 5.32 Å². The molecule has 24 heavy (non-hydrogen) atoms. The van der Waals surface area contributed by atoms with Gasteiger partial charge in [0.25, 0.3) is 5.91 Å². The fourth-order valence-corrected chi connectivity index (χ4v) is 3.64. The molecule has 4 rings (SSSR count). The van der Waals surface area contributed by atoms with E-state index in [9.17, 15) is 4.79 Å². The van der Waals surface area contributed by atoms with E-state index in [0.29, 0.717) is 11.7 Å². The lowest BCUT2D eigenvalue weighted by molar-refractivity contribution is 0.0996. The van der Waals surface area contributed by atoms with E-state index in [1.165, 1.54) is 11.8 Å². The number of furan rings is 1. The number of amides is 1. The molecule has 5 heteroatoms.